The Hall–Kier alpha value is -1.16. The molecule has 1 rings (SSSR count). The van der Waals surface area contributed by atoms with Crippen molar-refractivity contribution in [2.75, 3.05) is 25.0 Å². The average Bonchev–Trinajstić information content (AvgIpc) is 2.21. The lowest BCUT2D eigenvalue weighted by atomic mass is 10.3. The summed E-state index contributed by atoms with van der Waals surface area (Å²) in [6.45, 7) is 10.2. The molecule has 0 fully saturated rings. The highest BCUT2D eigenvalue weighted by molar-refractivity contribution is 5.36. The predicted molar refractivity (Wildman–Crippen MR) is 67.9 cm³/mol. The van der Waals surface area contributed by atoms with Crippen LogP contribution in [0.1, 0.15) is 25.2 Å². The maximum Gasteiger partial charge on any atom is 0.147 e. The van der Waals surface area contributed by atoms with Gasteiger partial charge in [0.05, 0.1) is 17.6 Å². The van der Waals surface area contributed by atoms with E-state index in [2.05, 4.69) is 34.0 Å². The van der Waals surface area contributed by atoms with Gasteiger partial charge in [-0.25, -0.2) is 4.98 Å². The van der Waals surface area contributed by atoms with Crippen LogP contribution in [0.5, 0.6) is 0 Å². The number of likely N-dealkylation sites (N-methyl/N-ethyl adjacent to an activating group) is 1. The quantitative estimate of drug-likeness (QED) is 0.820. The highest BCUT2D eigenvalue weighted by Crippen LogP contribution is 2.09. The number of aryl methyl sites for hydroxylation is 2. The van der Waals surface area contributed by atoms with Crippen LogP contribution in [-0.2, 0) is 0 Å². The van der Waals surface area contributed by atoms with E-state index in [1.165, 1.54) is 0 Å². The molecule has 0 aliphatic rings. The van der Waals surface area contributed by atoms with Gasteiger partial charge in [-0.2, -0.15) is 0 Å². The first kappa shape index (κ1) is 12.9. The number of rotatable bonds is 5. The highest BCUT2D eigenvalue weighted by Gasteiger charge is 2.04. The van der Waals surface area contributed by atoms with E-state index in [1.54, 1.807) is 0 Å². The van der Waals surface area contributed by atoms with E-state index in [0.717, 1.165) is 30.3 Å². The first-order valence-electron chi connectivity index (χ1n) is 5.75. The molecule has 0 aliphatic heterocycles. The molecule has 0 aromatic carbocycles. The molecule has 16 heavy (non-hydrogen) atoms. The van der Waals surface area contributed by atoms with Crippen LogP contribution in [0.15, 0.2) is 6.20 Å². The van der Waals surface area contributed by atoms with E-state index in [0.29, 0.717) is 6.04 Å². The summed E-state index contributed by atoms with van der Waals surface area (Å²) in [7, 11) is 2.04. The van der Waals surface area contributed by atoms with E-state index in [-0.39, 0.29) is 0 Å². The van der Waals surface area contributed by atoms with Gasteiger partial charge in [0.1, 0.15) is 5.82 Å². The number of hydrogen-bond donors (Lipinski definition) is 1. The van der Waals surface area contributed by atoms with Gasteiger partial charge >= 0.3 is 0 Å². The van der Waals surface area contributed by atoms with Gasteiger partial charge in [0.15, 0.2) is 0 Å². The molecule has 0 amide bonds. The Labute approximate surface area is 98.1 Å². The van der Waals surface area contributed by atoms with Crippen LogP contribution in [0.2, 0.25) is 0 Å². The van der Waals surface area contributed by atoms with Crippen molar-refractivity contribution in [3.63, 3.8) is 0 Å². The van der Waals surface area contributed by atoms with Crippen molar-refractivity contribution < 1.29 is 0 Å². The van der Waals surface area contributed by atoms with Gasteiger partial charge < -0.3 is 10.2 Å². The molecule has 0 unspecified atom stereocenters. The lowest BCUT2D eigenvalue weighted by Crippen LogP contribution is -2.33. The van der Waals surface area contributed by atoms with E-state index in [1.807, 2.05) is 27.1 Å². The molecule has 0 spiro atoms. The molecule has 90 valence electrons. The fraction of sp³-hybridized carbons (Fsp3) is 0.667. The lowest BCUT2D eigenvalue weighted by Gasteiger charge is -2.19. The predicted octanol–water partition coefficient (Wildman–Crippen LogP) is 1.53. The fourth-order valence-corrected chi connectivity index (χ4v) is 1.35. The number of aromatic nitrogens is 2. The van der Waals surface area contributed by atoms with Crippen molar-refractivity contribution in [2.24, 2.45) is 0 Å². The number of hydrogen-bond acceptors (Lipinski definition) is 4. The van der Waals surface area contributed by atoms with Crippen molar-refractivity contribution in [1.82, 2.24) is 15.3 Å². The van der Waals surface area contributed by atoms with Gasteiger partial charge in [-0.15, -0.1) is 0 Å². The molecule has 0 aliphatic carbocycles. The second-order valence-electron chi connectivity index (χ2n) is 4.43. The summed E-state index contributed by atoms with van der Waals surface area (Å²) in [5.41, 5.74) is 2.00. The summed E-state index contributed by atoms with van der Waals surface area (Å²) in [6, 6.07) is 0.527. The van der Waals surface area contributed by atoms with Crippen LogP contribution in [0.3, 0.4) is 0 Å². The van der Waals surface area contributed by atoms with Crippen molar-refractivity contribution in [3.05, 3.63) is 17.6 Å². The van der Waals surface area contributed by atoms with Crippen LogP contribution in [0.4, 0.5) is 5.82 Å². The molecule has 0 atom stereocenters. The third-order valence-electron chi connectivity index (χ3n) is 2.57. The molecule has 1 aromatic heterocycles. The molecular weight excluding hydrogens is 200 g/mol. The van der Waals surface area contributed by atoms with Crippen molar-refractivity contribution >= 4 is 5.82 Å². The third kappa shape index (κ3) is 3.77. The summed E-state index contributed by atoms with van der Waals surface area (Å²) < 4.78 is 0. The van der Waals surface area contributed by atoms with Gasteiger partial charge in [0.2, 0.25) is 0 Å². The average molecular weight is 222 g/mol. The zero-order valence-corrected chi connectivity index (χ0v) is 10.9. The maximum absolute atomic E-state index is 4.51. The Bertz CT molecular complexity index is 336. The topological polar surface area (TPSA) is 41.1 Å². The van der Waals surface area contributed by atoms with Crippen LogP contribution in [-0.4, -0.2) is 36.1 Å². The SMILES string of the molecule is Cc1ncc(N(C)CCNC(C)C)nc1C. The molecule has 0 saturated carbocycles. The standard InChI is InChI=1S/C12H22N4/c1-9(2)13-6-7-16(5)12-8-14-10(3)11(4)15-12/h8-9,13H,6-7H2,1-5H3. The molecule has 1 aromatic rings. The van der Waals surface area contributed by atoms with E-state index >= 15 is 0 Å². The molecule has 1 heterocycles. The lowest BCUT2D eigenvalue weighted by molar-refractivity contribution is 0.588. The molecule has 0 bridgehead atoms. The number of nitrogens with one attached hydrogen (secondary N) is 1. The maximum atomic E-state index is 4.51. The first-order chi connectivity index (χ1) is 7.50. The summed E-state index contributed by atoms with van der Waals surface area (Å²) >= 11 is 0. The highest BCUT2D eigenvalue weighted by atomic mass is 15.2. The largest absolute Gasteiger partial charge is 0.357 e. The molecule has 0 radical (unpaired) electrons. The van der Waals surface area contributed by atoms with Crippen molar-refractivity contribution in [3.8, 4) is 0 Å². The molecular formula is C12H22N4. The van der Waals surface area contributed by atoms with Gasteiger partial charge in [-0.05, 0) is 13.8 Å². The van der Waals surface area contributed by atoms with Crippen molar-refractivity contribution in [1.29, 1.82) is 0 Å². The summed E-state index contributed by atoms with van der Waals surface area (Å²) in [5.74, 6) is 0.939. The zero-order chi connectivity index (χ0) is 12.1. The summed E-state index contributed by atoms with van der Waals surface area (Å²) in [4.78, 5) is 10.9. The second kappa shape index (κ2) is 5.80. The van der Waals surface area contributed by atoms with E-state index in [9.17, 15) is 0 Å². The second-order valence-corrected chi connectivity index (χ2v) is 4.43. The van der Waals surface area contributed by atoms with Crippen molar-refractivity contribution in [2.45, 2.75) is 33.7 Å². The van der Waals surface area contributed by atoms with Crippen LogP contribution >= 0.6 is 0 Å². The minimum Gasteiger partial charge on any atom is -0.357 e. The minimum atomic E-state index is 0.527. The van der Waals surface area contributed by atoms with Gasteiger partial charge in [0, 0.05) is 26.2 Å². The number of anilines is 1. The summed E-state index contributed by atoms with van der Waals surface area (Å²) in [6.07, 6.45) is 1.83. The molecule has 4 heteroatoms. The monoisotopic (exact) mass is 222 g/mol. The van der Waals surface area contributed by atoms with E-state index < -0.39 is 0 Å². The molecule has 1 N–H and O–H groups in total. The Morgan fingerprint density at radius 1 is 1.31 bits per heavy atom. The van der Waals surface area contributed by atoms with Gasteiger partial charge in [-0.3, -0.25) is 4.98 Å². The number of nitrogens with zero attached hydrogens (tertiary/aromatic N) is 3. The Morgan fingerprint density at radius 2 is 2.00 bits per heavy atom. The first-order valence-corrected chi connectivity index (χ1v) is 5.75. The van der Waals surface area contributed by atoms with Crippen LogP contribution in [0.25, 0.3) is 0 Å². The Kier molecular flexibility index (Phi) is 4.68. The summed E-state index contributed by atoms with van der Waals surface area (Å²) in [5, 5.41) is 3.38. The Balaban J connectivity index is 2.52. The normalized spacial score (nSPS) is 10.9. The minimum absolute atomic E-state index is 0.527. The van der Waals surface area contributed by atoms with Gasteiger partial charge in [0.25, 0.3) is 0 Å². The van der Waals surface area contributed by atoms with Crippen LogP contribution in [0, 0.1) is 13.8 Å². The van der Waals surface area contributed by atoms with Gasteiger partial charge in [-0.1, -0.05) is 13.8 Å². The fourth-order valence-electron chi connectivity index (χ4n) is 1.35. The smallest absolute Gasteiger partial charge is 0.147 e. The third-order valence-corrected chi connectivity index (χ3v) is 2.57. The van der Waals surface area contributed by atoms with Crippen LogP contribution < -0.4 is 10.2 Å². The van der Waals surface area contributed by atoms with E-state index in [4.69, 9.17) is 0 Å². The zero-order valence-electron chi connectivity index (χ0n) is 10.9. The Morgan fingerprint density at radius 3 is 2.56 bits per heavy atom. The molecule has 0 saturated heterocycles. The molecule has 4 nitrogen and oxygen atoms in total.